The van der Waals surface area contributed by atoms with Gasteiger partial charge in [0, 0.05) is 5.75 Å². The van der Waals surface area contributed by atoms with Crippen LogP contribution in [0.5, 0.6) is 0 Å². The molecule has 0 fully saturated rings. The normalized spacial score (nSPS) is 9.00. The quantitative estimate of drug-likeness (QED) is 0.447. The molecule has 0 saturated heterocycles. The third kappa shape index (κ3) is 4.66. The standard InChI is InChI=1S/C3H8OS2/c1-5-6-3-2-4/h4H,2-3H2,1H3. The van der Waals surface area contributed by atoms with Crippen molar-refractivity contribution >= 4 is 21.6 Å². The Bertz CT molecular complexity index is 20.8. The molecule has 0 radical (unpaired) electrons. The summed E-state index contributed by atoms with van der Waals surface area (Å²) < 4.78 is 0. The maximum Gasteiger partial charge on any atom is 0.0530 e. The minimum atomic E-state index is 0.297. The van der Waals surface area contributed by atoms with E-state index in [1.807, 2.05) is 6.26 Å². The summed E-state index contributed by atoms with van der Waals surface area (Å²) in [5.41, 5.74) is 0. The molecule has 0 heterocycles. The van der Waals surface area contributed by atoms with Crippen LogP contribution in [0.1, 0.15) is 0 Å². The molecule has 1 nitrogen and oxygen atoms in total. The summed E-state index contributed by atoms with van der Waals surface area (Å²) in [5.74, 6) is 0.848. The first-order valence-electron chi connectivity index (χ1n) is 1.68. The molecule has 0 aliphatic rings. The number of aliphatic hydroxyl groups is 1. The van der Waals surface area contributed by atoms with Gasteiger partial charge >= 0.3 is 0 Å². The van der Waals surface area contributed by atoms with Gasteiger partial charge < -0.3 is 5.11 Å². The molecule has 0 atom stereocenters. The van der Waals surface area contributed by atoms with Crippen LogP contribution in [0.15, 0.2) is 0 Å². The van der Waals surface area contributed by atoms with Crippen molar-refractivity contribution in [3.05, 3.63) is 0 Å². The minimum absolute atomic E-state index is 0.297. The Morgan fingerprint density at radius 1 is 1.67 bits per heavy atom. The molecule has 38 valence electrons. The van der Waals surface area contributed by atoms with E-state index in [-0.39, 0.29) is 0 Å². The summed E-state index contributed by atoms with van der Waals surface area (Å²) in [6, 6.07) is 0. The molecular weight excluding hydrogens is 116 g/mol. The van der Waals surface area contributed by atoms with E-state index in [4.69, 9.17) is 5.11 Å². The van der Waals surface area contributed by atoms with Crippen molar-refractivity contribution in [2.75, 3.05) is 18.6 Å². The molecular formula is C3H8OS2. The van der Waals surface area contributed by atoms with Crippen LogP contribution in [-0.2, 0) is 0 Å². The van der Waals surface area contributed by atoms with Gasteiger partial charge in [0.1, 0.15) is 0 Å². The third-order valence-electron chi connectivity index (χ3n) is 0.292. The second-order valence-corrected chi connectivity index (χ2v) is 3.40. The zero-order valence-corrected chi connectivity index (χ0v) is 5.31. The molecule has 0 aromatic heterocycles. The van der Waals surface area contributed by atoms with Crippen LogP contribution < -0.4 is 0 Å². The van der Waals surface area contributed by atoms with E-state index in [1.54, 1.807) is 21.6 Å². The fourth-order valence-electron chi connectivity index (χ4n) is 0.121. The van der Waals surface area contributed by atoms with E-state index in [9.17, 15) is 0 Å². The van der Waals surface area contributed by atoms with Crippen LogP contribution >= 0.6 is 21.6 Å². The molecule has 0 bridgehead atoms. The highest BCUT2D eigenvalue weighted by Crippen LogP contribution is 2.14. The van der Waals surface area contributed by atoms with Crippen molar-refractivity contribution in [1.29, 1.82) is 0 Å². The fourth-order valence-corrected chi connectivity index (χ4v) is 1.09. The molecule has 0 rings (SSSR count). The van der Waals surface area contributed by atoms with Crippen LogP contribution in [0.4, 0.5) is 0 Å². The Morgan fingerprint density at radius 2 is 2.33 bits per heavy atom. The molecule has 0 amide bonds. The summed E-state index contributed by atoms with van der Waals surface area (Å²) in [6.07, 6.45) is 2.00. The van der Waals surface area contributed by atoms with Gasteiger partial charge in [-0.2, -0.15) is 0 Å². The lowest BCUT2D eigenvalue weighted by molar-refractivity contribution is 0.323. The highest BCUT2D eigenvalue weighted by molar-refractivity contribution is 8.76. The maximum atomic E-state index is 8.16. The van der Waals surface area contributed by atoms with Crippen molar-refractivity contribution < 1.29 is 5.11 Å². The van der Waals surface area contributed by atoms with Crippen molar-refractivity contribution in [1.82, 2.24) is 0 Å². The minimum Gasteiger partial charge on any atom is -0.395 e. The number of hydrogen-bond acceptors (Lipinski definition) is 3. The largest absolute Gasteiger partial charge is 0.395 e. The Kier molecular flexibility index (Phi) is 6.28. The van der Waals surface area contributed by atoms with Gasteiger partial charge in [-0.25, -0.2) is 0 Å². The van der Waals surface area contributed by atoms with Gasteiger partial charge in [0.05, 0.1) is 6.61 Å². The molecule has 0 aliphatic carbocycles. The first-order valence-corrected chi connectivity index (χ1v) is 4.41. The zero-order valence-electron chi connectivity index (χ0n) is 3.68. The zero-order chi connectivity index (χ0) is 4.83. The summed E-state index contributed by atoms with van der Waals surface area (Å²) >= 11 is 0. The van der Waals surface area contributed by atoms with E-state index in [1.165, 1.54) is 0 Å². The smallest absolute Gasteiger partial charge is 0.0530 e. The van der Waals surface area contributed by atoms with E-state index in [0.29, 0.717) is 6.61 Å². The topological polar surface area (TPSA) is 20.2 Å². The molecule has 0 aromatic rings. The van der Waals surface area contributed by atoms with Gasteiger partial charge in [-0.3, -0.25) is 0 Å². The van der Waals surface area contributed by atoms with Gasteiger partial charge in [0.2, 0.25) is 0 Å². The van der Waals surface area contributed by atoms with Gasteiger partial charge in [0.25, 0.3) is 0 Å². The van der Waals surface area contributed by atoms with Gasteiger partial charge in [-0.15, -0.1) is 0 Å². The molecule has 0 spiro atoms. The first-order chi connectivity index (χ1) is 2.91. The highest BCUT2D eigenvalue weighted by atomic mass is 33.1. The SMILES string of the molecule is CSSCCO. The average Bonchev–Trinajstić information content (AvgIpc) is 1.61. The molecule has 1 N–H and O–H groups in total. The Hall–Kier alpha value is 0.660. The van der Waals surface area contributed by atoms with Gasteiger partial charge in [-0.1, -0.05) is 21.6 Å². The molecule has 0 aromatic carbocycles. The van der Waals surface area contributed by atoms with Crippen LogP contribution in [0.3, 0.4) is 0 Å². The van der Waals surface area contributed by atoms with Gasteiger partial charge in [0.15, 0.2) is 0 Å². The molecule has 0 unspecified atom stereocenters. The maximum absolute atomic E-state index is 8.16. The third-order valence-corrected chi connectivity index (χ3v) is 2.08. The first kappa shape index (κ1) is 6.66. The molecule has 6 heavy (non-hydrogen) atoms. The van der Waals surface area contributed by atoms with Crippen LogP contribution in [-0.4, -0.2) is 23.7 Å². The summed E-state index contributed by atoms with van der Waals surface area (Å²) in [4.78, 5) is 0. The lowest BCUT2D eigenvalue weighted by Crippen LogP contribution is -1.80. The second kappa shape index (κ2) is 5.66. The highest BCUT2D eigenvalue weighted by Gasteiger charge is 1.76. The predicted molar refractivity (Wildman–Crippen MR) is 33.1 cm³/mol. The number of hydrogen-bond donors (Lipinski definition) is 1. The number of rotatable bonds is 3. The molecule has 0 aliphatic heterocycles. The lowest BCUT2D eigenvalue weighted by atomic mass is 10.9. The summed E-state index contributed by atoms with van der Waals surface area (Å²) in [5, 5.41) is 8.16. The van der Waals surface area contributed by atoms with E-state index >= 15 is 0 Å². The van der Waals surface area contributed by atoms with Crippen LogP contribution in [0.25, 0.3) is 0 Å². The Labute approximate surface area is 45.9 Å². The second-order valence-electron chi connectivity index (χ2n) is 0.712. The van der Waals surface area contributed by atoms with E-state index in [0.717, 1.165) is 5.75 Å². The van der Waals surface area contributed by atoms with Crippen molar-refractivity contribution in [2.45, 2.75) is 0 Å². The van der Waals surface area contributed by atoms with Crippen LogP contribution in [0, 0.1) is 0 Å². The lowest BCUT2D eigenvalue weighted by Gasteiger charge is -1.85. The summed E-state index contributed by atoms with van der Waals surface area (Å²) in [7, 11) is 3.36. The Morgan fingerprint density at radius 3 is 2.50 bits per heavy atom. The fraction of sp³-hybridized carbons (Fsp3) is 1.00. The average molecular weight is 124 g/mol. The van der Waals surface area contributed by atoms with Crippen molar-refractivity contribution in [3.63, 3.8) is 0 Å². The number of aliphatic hydroxyl groups excluding tert-OH is 1. The van der Waals surface area contributed by atoms with Crippen LogP contribution in [0.2, 0.25) is 0 Å². The van der Waals surface area contributed by atoms with E-state index < -0.39 is 0 Å². The van der Waals surface area contributed by atoms with Gasteiger partial charge in [-0.05, 0) is 6.26 Å². The monoisotopic (exact) mass is 124 g/mol. The molecule has 3 heteroatoms. The summed E-state index contributed by atoms with van der Waals surface area (Å²) in [6.45, 7) is 0.297. The van der Waals surface area contributed by atoms with E-state index in [2.05, 4.69) is 0 Å². The Balaban J connectivity index is 2.34. The predicted octanol–water partition coefficient (Wildman–Crippen LogP) is 0.990. The molecule has 0 saturated carbocycles. The van der Waals surface area contributed by atoms with Crippen molar-refractivity contribution in [2.24, 2.45) is 0 Å². The van der Waals surface area contributed by atoms with Crippen molar-refractivity contribution in [3.8, 4) is 0 Å².